The Balaban J connectivity index is 2.35. The molecule has 0 aromatic heterocycles. The van der Waals surface area contributed by atoms with Crippen LogP contribution in [0.2, 0.25) is 0 Å². The minimum absolute atomic E-state index is 0.115. The molecule has 0 bridgehead atoms. The Kier molecular flexibility index (Phi) is 2.92. The average molecular weight is 155 g/mol. The normalized spacial score (nSPS) is 31.5. The summed E-state index contributed by atoms with van der Waals surface area (Å²) in [5.41, 5.74) is 0. The fourth-order valence-corrected chi connectivity index (χ4v) is 1.79. The first-order valence-corrected chi connectivity index (χ1v) is 4.47. The van der Waals surface area contributed by atoms with Gasteiger partial charge in [-0.25, -0.2) is 0 Å². The van der Waals surface area contributed by atoms with Crippen LogP contribution in [0.5, 0.6) is 0 Å². The molecule has 2 heteroatoms. The number of carbonyl (C=O) groups is 1. The topological polar surface area (TPSA) is 29.1 Å². The van der Waals surface area contributed by atoms with Crippen LogP contribution in [-0.2, 0) is 4.79 Å². The molecule has 1 saturated carbocycles. The fraction of sp³-hybridized carbons (Fsp3) is 0.889. The minimum Gasteiger partial charge on any atom is -0.353 e. The number of hydrogen-bond donors (Lipinski definition) is 1. The minimum atomic E-state index is 0.115. The molecule has 0 aromatic rings. The van der Waals surface area contributed by atoms with Gasteiger partial charge >= 0.3 is 0 Å². The largest absolute Gasteiger partial charge is 0.353 e. The summed E-state index contributed by atoms with van der Waals surface area (Å²) in [4.78, 5) is 10.7. The lowest BCUT2D eigenvalue weighted by atomic mass is 9.86. The van der Waals surface area contributed by atoms with Gasteiger partial charge in [0.15, 0.2) is 0 Å². The van der Waals surface area contributed by atoms with Crippen LogP contribution in [0.25, 0.3) is 0 Å². The quantitative estimate of drug-likeness (QED) is 0.613. The van der Waals surface area contributed by atoms with Crippen molar-refractivity contribution in [3.05, 3.63) is 0 Å². The molecule has 1 aliphatic carbocycles. The number of amides is 1. The molecule has 0 aliphatic heterocycles. The summed E-state index contributed by atoms with van der Waals surface area (Å²) in [5, 5.41) is 2.99. The van der Waals surface area contributed by atoms with E-state index >= 15 is 0 Å². The van der Waals surface area contributed by atoms with E-state index < -0.39 is 0 Å². The maximum Gasteiger partial charge on any atom is 0.217 e. The van der Waals surface area contributed by atoms with Gasteiger partial charge in [-0.05, 0) is 18.8 Å². The van der Waals surface area contributed by atoms with Crippen molar-refractivity contribution in [1.29, 1.82) is 0 Å². The highest BCUT2D eigenvalue weighted by Gasteiger charge is 2.21. The molecule has 0 radical (unpaired) electrons. The van der Waals surface area contributed by atoms with Gasteiger partial charge < -0.3 is 5.32 Å². The summed E-state index contributed by atoms with van der Waals surface area (Å²) in [6, 6.07) is 0.446. The third kappa shape index (κ3) is 2.52. The zero-order valence-electron chi connectivity index (χ0n) is 7.39. The van der Waals surface area contributed by atoms with Gasteiger partial charge in [0.05, 0.1) is 0 Å². The lowest BCUT2D eigenvalue weighted by Gasteiger charge is -2.28. The lowest BCUT2D eigenvalue weighted by molar-refractivity contribution is -0.120. The Morgan fingerprint density at radius 3 is 2.55 bits per heavy atom. The summed E-state index contributed by atoms with van der Waals surface area (Å²) in [6.07, 6.45) is 5.04. The second-order valence-electron chi connectivity index (χ2n) is 3.57. The molecule has 0 heterocycles. The van der Waals surface area contributed by atoms with E-state index in [4.69, 9.17) is 0 Å². The standard InChI is InChI=1S/C9H17NO/c1-7-5-3-4-6-9(7)10-8(2)11/h7,9H,3-6H2,1-2H3,(H,10,11)/t7-,9+/m1/s1. The summed E-state index contributed by atoms with van der Waals surface area (Å²) in [6.45, 7) is 3.82. The molecule has 1 rings (SSSR count). The van der Waals surface area contributed by atoms with Crippen LogP contribution < -0.4 is 5.32 Å². The molecule has 0 unspecified atom stereocenters. The predicted molar refractivity (Wildman–Crippen MR) is 45.2 cm³/mol. The van der Waals surface area contributed by atoms with Crippen LogP contribution in [-0.4, -0.2) is 11.9 Å². The van der Waals surface area contributed by atoms with Crippen molar-refractivity contribution in [2.24, 2.45) is 5.92 Å². The second-order valence-corrected chi connectivity index (χ2v) is 3.57. The van der Waals surface area contributed by atoms with Crippen LogP contribution in [0.3, 0.4) is 0 Å². The highest BCUT2D eigenvalue weighted by atomic mass is 16.1. The van der Waals surface area contributed by atoms with E-state index in [-0.39, 0.29) is 5.91 Å². The summed E-state index contributed by atoms with van der Waals surface area (Å²) in [5.74, 6) is 0.788. The Labute approximate surface area is 68.4 Å². The van der Waals surface area contributed by atoms with Crippen LogP contribution in [0, 0.1) is 5.92 Å². The maximum atomic E-state index is 10.7. The van der Waals surface area contributed by atoms with Crippen LogP contribution >= 0.6 is 0 Å². The van der Waals surface area contributed by atoms with Gasteiger partial charge in [-0.1, -0.05) is 19.8 Å². The van der Waals surface area contributed by atoms with E-state index in [0.29, 0.717) is 12.0 Å². The first-order valence-electron chi connectivity index (χ1n) is 4.47. The van der Waals surface area contributed by atoms with Crippen molar-refractivity contribution in [2.75, 3.05) is 0 Å². The van der Waals surface area contributed by atoms with Gasteiger partial charge in [-0.3, -0.25) is 4.79 Å². The molecule has 64 valence electrons. The molecule has 1 N–H and O–H groups in total. The van der Waals surface area contributed by atoms with Gasteiger partial charge in [0.2, 0.25) is 5.91 Å². The first kappa shape index (κ1) is 8.57. The Morgan fingerprint density at radius 2 is 2.00 bits per heavy atom. The molecular weight excluding hydrogens is 138 g/mol. The SMILES string of the molecule is CC(=O)N[C@H]1CCCC[C@H]1C. The van der Waals surface area contributed by atoms with Crippen molar-refractivity contribution in [3.8, 4) is 0 Å². The number of hydrogen-bond acceptors (Lipinski definition) is 1. The Morgan fingerprint density at radius 1 is 1.36 bits per heavy atom. The number of rotatable bonds is 1. The van der Waals surface area contributed by atoms with Gasteiger partial charge in [0.25, 0.3) is 0 Å². The molecule has 1 aliphatic rings. The smallest absolute Gasteiger partial charge is 0.217 e. The summed E-state index contributed by atoms with van der Waals surface area (Å²) < 4.78 is 0. The van der Waals surface area contributed by atoms with Crippen molar-refractivity contribution in [2.45, 2.75) is 45.6 Å². The molecule has 2 nitrogen and oxygen atoms in total. The fourth-order valence-electron chi connectivity index (χ4n) is 1.79. The average Bonchev–Trinajstić information content (AvgIpc) is 1.93. The highest BCUT2D eigenvalue weighted by molar-refractivity contribution is 5.73. The molecule has 0 saturated heterocycles. The van der Waals surface area contributed by atoms with Crippen LogP contribution in [0.15, 0.2) is 0 Å². The van der Waals surface area contributed by atoms with E-state index in [9.17, 15) is 4.79 Å². The van der Waals surface area contributed by atoms with Gasteiger partial charge in [-0.15, -0.1) is 0 Å². The van der Waals surface area contributed by atoms with Crippen molar-refractivity contribution in [3.63, 3.8) is 0 Å². The van der Waals surface area contributed by atoms with Gasteiger partial charge in [-0.2, -0.15) is 0 Å². The van der Waals surface area contributed by atoms with Crippen molar-refractivity contribution < 1.29 is 4.79 Å². The zero-order chi connectivity index (χ0) is 8.27. The number of carbonyl (C=O) groups excluding carboxylic acids is 1. The van der Waals surface area contributed by atoms with E-state index in [0.717, 1.165) is 0 Å². The first-order chi connectivity index (χ1) is 5.20. The Hall–Kier alpha value is -0.530. The monoisotopic (exact) mass is 155 g/mol. The predicted octanol–water partition coefficient (Wildman–Crippen LogP) is 1.70. The number of nitrogens with one attached hydrogen (secondary N) is 1. The van der Waals surface area contributed by atoms with Crippen molar-refractivity contribution in [1.82, 2.24) is 5.32 Å². The molecule has 1 fully saturated rings. The molecule has 11 heavy (non-hydrogen) atoms. The molecule has 0 aromatic carbocycles. The van der Waals surface area contributed by atoms with Gasteiger partial charge in [0, 0.05) is 13.0 Å². The third-order valence-electron chi connectivity index (χ3n) is 2.50. The van der Waals surface area contributed by atoms with E-state index in [2.05, 4.69) is 12.2 Å². The van der Waals surface area contributed by atoms with E-state index in [1.807, 2.05) is 0 Å². The van der Waals surface area contributed by atoms with E-state index in [1.54, 1.807) is 6.92 Å². The third-order valence-corrected chi connectivity index (χ3v) is 2.50. The van der Waals surface area contributed by atoms with Crippen LogP contribution in [0.1, 0.15) is 39.5 Å². The summed E-state index contributed by atoms with van der Waals surface area (Å²) in [7, 11) is 0. The van der Waals surface area contributed by atoms with Crippen molar-refractivity contribution >= 4 is 5.91 Å². The maximum absolute atomic E-state index is 10.7. The zero-order valence-corrected chi connectivity index (χ0v) is 7.39. The van der Waals surface area contributed by atoms with Crippen LogP contribution in [0.4, 0.5) is 0 Å². The lowest BCUT2D eigenvalue weighted by Crippen LogP contribution is -2.39. The molecule has 1 amide bonds. The molecule has 2 atom stereocenters. The Bertz CT molecular complexity index is 144. The molecule has 0 spiro atoms. The highest BCUT2D eigenvalue weighted by Crippen LogP contribution is 2.23. The molecular formula is C9H17NO. The second kappa shape index (κ2) is 3.74. The van der Waals surface area contributed by atoms with E-state index in [1.165, 1.54) is 25.7 Å². The summed E-state index contributed by atoms with van der Waals surface area (Å²) >= 11 is 0. The van der Waals surface area contributed by atoms with Gasteiger partial charge in [0.1, 0.15) is 0 Å².